The lowest BCUT2D eigenvalue weighted by molar-refractivity contribution is -0.119. The summed E-state index contributed by atoms with van der Waals surface area (Å²) in [5.74, 6) is 0.939. The summed E-state index contributed by atoms with van der Waals surface area (Å²) in [4.78, 5) is 35.5. The highest BCUT2D eigenvalue weighted by Crippen LogP contribution is 2.35. The molecular formula is C24H28N4O4S. The van der Waals surface area contributed by atoms with Crippen LogP contribution in [0.5, 0.6) is 5.88 Å². The summed E-state index contributed by atoms with van der Waals surface area (Å²) in [5.41, 5.74) is 2.44. The first-order chi connectivity index (χ1) is 16.0. The van der Waals surface area contributed by atoms with E-state index in [0.717, 1.165) is 47.9 Å². The van der Waals surface area contributed by atoms with E-state index in [1.165, 1.54) is 11.3 Å². The minimum absolute atomic E-state index is 0.0810. The number of methoxy groups -OCH3 is 2. The molecule has 0 aliphatic heterocycles. The number of benzene rings is 1. The third kappa shape index (κ3) is 5.15. The maximum atomic E-state index is 13.0. The lowest BCUT2D eigenvalue weighted by Gasteiger charge is -2.12. The van der Waals surface area contributed by atoms with Gasteiger partial charge in [-0.1, -0.05) is 25.0 Å². The Morgan fingerprint density at radius 3 is 2.70 bits per heavy atom. The highest BCUT2D eigenvalue weighted by molar-refractivity contribution is 7.20. The number of thiophene rings is 1. The van der Waals surface area contributed by atoms with Gasteiger partial charge in [-0.05, 0) is 43.0 Å². The Morgan fingerprint density at radius 2 is 1.97 bits per heavy atom. The van der Waals surface area contributed by atoms with Gasteiger partial charge in [0.2, 0.25) is 11.8 Å². The van der Waals surface area contributed by atoms with Gasteiger partial charge in [-0.2, -0.15) is 4.98 Å². The lowest BCUT2D eigenvalue weighted by Crippen LogP contribution is -2.23. The molecule has 33 heavy (non-hydrogen) atoms. The number of hydrogen-bond donors (Lipinski definition) is 2. The van der Waals surface area contributed by atoms with E-state index in [1.807, 2.05) is 31.2 Å². The summed E-state index contributed by atoms with van der Waals surface area (Å²) < 4.78 is 10.6. The second-order valence-electron chi connectivity index (χ2n) is 8.17. The third-order valence-electron chi connectivity index (χ3n) is 5.85. The van der Waals surface area contributed by atoms with Crippen LogP contribution >= 0.6 is 11.3 Å². The van der Waals surface area contributed by atoms with Crippen LogP contribution in [-0.4, -0.2) is 36.0 Å². The second kappa shape index (κ2) is 10.3. The second-order valence-corrected chi connectivity index (χ2v) is 9.17. The fourth-order valence-electron chi connectivity index (χ4n) is 4.16. The molecule has 4 rings (SSSR count). The molecule has 0 bridgehead atoms. The van der Waals surface area contributed by atoms with Crippen molar-refractivity contribution in [3.63, 3.8) is 0 Å². The summed E-state index contributed by atoms with van der Waals surface area (Å²) in [6.07, 6.45) is 4.15. The van der Waals surface area contributed by atoms with Crippen LogP contribution in [0.2, 0.25) is 0 Å². The van der Waals surface area contributed by atoms with Crippen LogP contribution in [-0.2, 0) is 22.7 Å². The van der Waals surface area contributed by atoms with Crippen molar-refractivity contribution < 1.29 is 19.1 Å². The number of carbonyl (C=O) groups excluding carboxylic acids is 2. The molecule has 9 heteroatoms. The smallest absolute Gasteiger partial charge is 0.261 e. The fraction of sp³-hybridized carbons (Fsp3) is 0.417. The van der Waals surface area contributed by atoms with Crippen molar-refractivity contribution in [2.24, 2.45) is 5.92 Å². The molecule has 0 saturated heterocycles. The molecule has 8 nitrogen and oxygen atoms in total. The SMILES string of the molecule is COCc1nc(OC)c2c(C)c(C(=O)NCc3cccc(NC(=O)C4CCCC4)c3)sc2n1. The van der Waals surface area contributed by atoms with Crippen LogP contribution in [0.25, 0.3) is 10.2 Å². The van der Waals surface area contributed by atoms with Crippen molar-refractivity contribution in [1.82, 2.24) is 15.3 Å². The molecule has 174 valence electrons. The first-order valence-corrected chi connectivity index (χ1v) is 11.8. The fourth-order valence-corrected chi connectivity index (χ4v) is 5.26. The zero-order chi connectivity index (χ0) is 23.4. The molecule has 2 heterocycles. The standard InChI is InChI=1S/C24H28N4O4S/c1-14-19-23(32-3)27-18(13-31-2)28-24(19)33-20(14)22(30)25-12-15-7-6-10-17(11-15)26-21(29)16-8-4-5-9-16/h6-7,10-11,16H,4-5,8-9,12-13H2,1-3H3,(H,25,30)(H,26,29). The molecule has 0 radical (unpaired) electrons. The maximum absolute atomic E-state index is 13.0. The minimum atomic E-state index is -0.189. The number of amides is 2. The predicted molar refractivity (Wildman–Crippen MR) is 128 cm³/mol. The van der Waals surface area contributed by atoms with Crippen molar-refractivity contribution in [2.45, 2.75) is 45.8 Å². The number of aromatic nitrogens is 2. The number of ether oxygens (including phenoxy) is 2. The molecule has 2 aromatic heterocycles. The van der Waals surface area contributed by atoms with Crippen LogP contribution < -0.4 is 15.4 Å². The molecule has 1 fully saturated rings. The van der Waals surface area contributed by atoms with Gasteiger partial charge in [0, 0.05) is 25.3 Å². The van der Waals surface area contributed by atoms with Gasteiger partial charge >= 0.3 is 0 Å². The van der Waals surface area contributed by atoms with Crippen LogP contribution in [0.15, 0.2) is 24.3 Å². The lowest BCUT2D eigenvalue weighted by atomic mass is 10.1. The number of nitrogens with zero attached hydrogens (tertiary/aromatic N) is 2. The summed E-state index contributed by atoms with van der Waals surface area (Å²) in [7, 11) is 3.13. The third-order valence-corrected chi connectivity index (χ3v) is 7.03. The topological polar surface area (TPSA) is 102 Å². The van der Waals surface area contributed by atoms with E-state index < -0.39 is 0 Å². The summed E-state index contributed by atoms with van der Waals surface area (Å²) in [5, 5.41) is 6.72. The van der Waals surface area contributed by atoms with Crippen molar-refractivity contribution in [2.75, 3.05) is 19.5 Å². The Hall–Kier alpha value is -3.04. The van der Waals surface area contributed by atoms with Crippen molar-refractivity contribution in [1.29, 1.82) is 0 Å². The summed E-state index contributed by atoms with van der Waals surface area (Å²) in [6.45, 7) is 2.48. The van der Waals surface area contributed by atoms with E-state index in [-0.39, 0.29) is 24.3 Å². The van der Waals surface area contributed by atoms with Crippen LogP contribution in [0.3, 0.4) is 0 Å². The Bertz CT molecular complexity index is 1170. The summed E-state index contributed by atoms with van der Waals surface area (Å²) in [6, 6.07) is 7.58. The molecule has 1 saturated carbocycles. The van der Waals surface area contributed by atoms with E-state index in [1.54, 1.807) is 14.2 Å². The number of rotatable bonds is 8. The van der Waals surface area contributed by atoms with E-state index in [4.69, 9.17) is 9.47 Å². The number of anilines is 1. The number of nitrogens with one attached hydrogen (secondary N) is 2. The molecule has 1 aliphatic carbocycles. The first-order valence-electron chi connectivity index (χ1n) is 11.0. The van der Waals surface area contributed by atoms with Crippen molar-refractivity contribution in [3.05, 3.63) is 46.1 Å². The quantitative estimate of drug-likeness (QED) is 0.513. The Labute approximate surface area is 196 Å². The Morgan fingerprint density at radius 1 is 1.18 bits per heavy atom. The average Bonchev–Trinajstić information content (AvgIpc) is 3.46. The van der Waals surface area contributed by atoms with Gasteiger partial charge in [-0.15, -0.1) is 11.3 Å². The minimum Gasteiger partial charge on any atom is -0.480 e. The monoisotopic (exact) mass is 468 g/mol. The zero-order valence-electron chi connectivity index (χ0n) is 19.1. The van der Waals surface area contributed by atoms with E-state index in [0.29, 0.717) is 28.0 Å². The van der Waals surface area contributed by atoms with Gasteiger partial charge in [-0.3, -0.25) is 9.59 Å². The van der Waals surface area contributed by atoms with Crippen LogP contribution in [0, 0.1) is 12.8 Å². The molecule has 1 aliphatic rings. The van der Waals surface area contributed by atoms with Gasteiger partial charge in [0.25, 0.3) is 5.91 Å². The summed E-state index contributed by atoms with van der Waals surface area (Å²) >= 11 is 1.31. The van der Waals surface area contributed by atoms with Gasteiger partial charge in [0.1, 0.15) is 11.4 Å². The predicted octanol–water partition coefficient (Wildman–Crippen LogP) is 4.21. The number of fused-ring (bicyclic) bond motifs is 1. The van der Waals surface area contributed by atoms with Gasteiger partial charge in [0.15, 0.2) is 5.82 Å². The average molecular weight is 469 g/mol. The van der Waals surface area contributed by atoms with E-state index >= 15 is 0 Å². The highest BCUT2D eigenvalue weighted by atomic mass is 32.1. The number of aryl methyl sites for hydroxylation is 1. The zero-order valence-corrected chi connectivity index (χ0v) is 19.9. The first kappa shape index (κ1) is 23.1. The van der Waals surface area contributed by atoms with Crippen molar-refractivity contribution >= 4 is 39.1 Å². The molecule has 1 aromatic carbocycles. The number of carbonyl (C=O) groups is 2. The molecule has 2 amide bonds. The molecule has 0 atom stereocenters. The largest absolute Gasteiger partial charge is 0.480 e. The molecule has 2 N–H and O–H groups in total. The molecule has 0 spiro atoms. The van der Waals surface area contributed by atoms with E-state index in [9.17, 15) is 9.59 Å². The van der Waals surface area contributed by atoms with Crippen LogP contribution in [0.4, 0.5) is 5.69 Å². The van der Waals surface area contributed by atoms with Crippen molar-refractivity contribution in [3.8, 4) is 5.88 Å². The normalized spacial score (nSPS) is 13.9. The maximum Gasteiger partial charge on any atom is 0.261 e. The Kier molecular flexibility index (Phi) is 7.20. The van der Waals surface area contributed by atoms with Crippen LogP contribution in [0.1, 0.15) is 52.3 Å². The van der Waals surface area contributed by atoms with Gasteiger partial charge in [0.05, 0.1) is 17.4 Å². The Balaban J connectivity index is 1.46. The number of hydrogen-bond acceptors (Lipinski definition) is 7. The molecular weight excluding hydrogens is 440 g/mol. The van der Waals surface area contributed by atoms with Gasteiger partial charge in [-0.25, -0.2) is 4.98 Å². The molecule has 0 unspecified atom stereocenters. The van der Waals surface area contributed by atoms with Gasteiger partial charge < -0.3 is 20.1 Å². The highest BCUT2D eigenvalue weighted by Gasteiger charge is 2.23. The van der Waals surface area contributed by atoms with E-state index in [2.05, 4.69) is 20.6 Å². The molecule has 3 aromatic rings.